The molecule has 1 amide bonds. The minimum Gasteiger partial charge on any atom is -0.507 e. The quantitative estimate of drug-likeness (QED) is 0.440. The van der Waals surface area contributed by atoms with Crippen molar-refractivity contribution >= 4 is 17.8 Å². The zero-order chi connectivity index (χ0) is 16.1. The summed E-state index contributed by atoms with van der Waals surface area (Å²) in [5, 5.41) is 33.2. The first kappa shape index (κ1) is 14.9. The van der Waals surface area contributed by atoms with E-state index in [4.69, 9.17) is 0 Å². The summed E-state index contributed by atoms with van der Waals surface area (Å²) in [6.45, 7) is 0. The van der Waals surface area contributed by atoms with Crippen LogP contribution in [-0.4, -0.2) is 32.2 Å². The number of phenols is 2. The van der Waals surface area contributed by atoms with Crippen LogP contribution < -0.4 is 5.43 Å². The Labute approximate surface area is 123 Å². The lowest BCUT2D eigenvalue weighted by Gasteiger charge is -2.02. The minimum atomic E-state index is -0.805. The van der Waals surface area contributed by atoms with Crippen molar-refractivity contribution < 1.29 is 19.9 Å². The van der Waals surface area contributed by atoms with E-state index in [9.17, 15) is 25.1 Å². The van der Waals surface area contributed by atoms with E-state index in [-0.39, 0.29) is 11.1 Å². The molecule has 0 saturated carbocycles. The Bertz CT molecular complexity index is 746. The summed E-state index contributed by atoms with van der Waals surface area (Å²) < 4.78 is 0. The molecule has 1 aromatic carbocycles. The number of hydrogen-bond acceptors (Lipinski definition) is 7. The molecule has 0 atom stereocenters. The number of nitrogens with zero attached hydrogens (tertiary/aromatic N) is 3. The molecule has 2 rings (SSSR count). The Morgan fingerprint density at radius 3 is 2.77 bits per heavy atom. The van der Waals surface area contributed by atoms with E-state index in [0.717, 1.165) is 18.3 Å². The van der Waals surface area contributed by atoms with Crippen LogP contribution in [-0.2, 0) is 0 Å². The van der Waals surface area contributed by atoms with Crippen LogP contribution in [0.4, 0.5) is 5.69 Å². The van der Waals surface area contributed by atoms with Gasteiger partial charge in [0, 0.05) is 30.1 Å². The number of nitro groups is 1. The number of amides is 1. The average Bonchev–Trinajstić information content (AvgIpc) is 2.49. The van der Waals surface area contributed by atoms with Crippen LogP contribution in [0.25, 0.3) is 0 Å². The van der Waals surface area contributed by atoms with Gasteiger partial charge in [0.2, 0.25) is 0 Å². The highest BCUT2D eigenvalue weighted by Crippen LogP contribution is 2.31. The van der Waals surface area contributed by atoms with Crippen molar-refractivity contribution in [2.75, 3.05) is 0 Å². The molecule has 22 heavy (non-hydrogen) atoms. The molecule has 9 nitrogen and oxygen atoms in total. The molecular weight excluding hydrogens is 292 g/mol. The Hall–Kier alpha value is -3.49. The molecule has 0 spiro atoms. The van der Waals surface area contributed by atoms with Crippen LogP contribution in [0.1, 0.15) is 15.9 Å². The van der Waals surface area contributed by atoms with Crippen LogP contribution in [0.3, 0.4) is 0 Å². The summed E-state index contributed by atoms with van der Waals surface area (Å²) in [7, 11) is 0. The van der Waals surface area contributed by atoms with Crippen molar-refractivity contribution in [1.29, 1.82) is 0 Å². The first-order chi connectivity index (χ1) is 10.5. The first-order valence-electron chi connectivity index (χ1n) is 5.93. The Balaban J connectivity index is 2.15. The van der Waals surface area contributed by atoms with Gasteiger partial charge in [0.25, 0.3) is 5.91 Å². The Morgan fingerprint density at radius 1 is 1.36 bits per heavy atom. The second-order valence-electron chi connectivity index (χ2n) is 4.10. The number of hydrogen-bond donors (Lipinski definition) is 3. The van der Waals surface area contributed by atoms with Crippen LogP contribution in [0, 0.1) is 10.1 Å². The number of carbonyl (C=O) groups is 1. The van der Waals surface area contributed by atoms with Gasteiger partial charge in [-0.2, -0.15) is 5.10 Å². The smallest absolute Gasteiger partial charge is 0.311 e. The normalized spacial score (nSPS) is 10.5. The Morgan fingerprint density at radius 2 is 2.14 bits per heavy atom. The third kappa shape index (κ3) is 3.33. The maximum absolute atomic E-state index is 11.7. The van der Waals surface area contributed by atoms with Crippen molar-refractivity contribution in [1.82, 2.24) is 10.4 Å². The summed E-state index contributed by atoms with van der Waals surface area (Å²) >= 11 is 0. The van der Waals surface area contributed by atoms with Crippen molar-refractivity contribution in [2.24, 2.45) is 5.10 Å². The first-order valence-corrected chi connectivity index (χ1v) is 5.93. The number of phenolic OH excluding ortho intramolecular Hbond substituents is 2. The number of benzene rings is 1. The lowest BCUT2D eigenvalue weighted by Crippen LogP contribution is -2.17. The molecule has 0 fully saturated rings. The molecule has 3 N–H and O–H groups in total. The second-order valence-corrected chi connectivity index (χ2v) is 4.10. The molecule has 0 aliphatic rings. The molecule has 1 aromatic heterocycles. The number of nitrogens with one attached hydrogen (secondary N) is 1. The van der Waals surface area contributed by atoms with E-state index >= 15 is 0 Å². The van der Waals surface area contributed by atoms with E-state index in [0.29, 0.717) is 0 Å². The van der Waals surface area contributed by atoms with Gasteiger partial charge in [-0.05, 0) is 12.1 Å². The van der Waals surface area contributed by atoms with Crippen LogP contribution >= 0.6 is 0 Å². The number of rotatable bonds is 4. The predicted molar refractivity (Wildman–Crippen MR) is 75.7 cm³/mol. The standard InChI is InChI=1S/C13H10N4O5/c18-11-5-12(19)10(17(21)22)4-9(11)7-15-16-13(20)8-2-1-3-14-6-8/h1-7,18-19H,(H,16,20). The number of aromatic hydroxyl groups is 2. The minimum absolute atomic E-state index is 0.0315. The van der Waals surface area contributed by atoms with Gasteiger partial charge in [0.05, 0.1) is 16.7 Å². The summed E-state index contributed by atoms with van der Waals surface area (Å²) in [4.78, 5) is 25.3. The zero-order valence-electron chi connectivity index (χ0n) is 11.0. The largest absolute Gasteiger partial charge is 0.507 e. The number of pyridine rings is 1. The summed E-state index contributed by atoms with van der Waals surface area (Å²) in [5.41, 5.74) is 1.85. The van der Waals surface area contributed by atoms with Crippen LogP contribution in [0.5, 0.6) is 11.5 Å². The van der Waals surface area contributed by atoms with E-state index in [2.05, 4.69) is 15.5 Å². The molecule has 9 heteroatoms. The molecule has 0 aliphatic carbocycles. The van der Waals surface area contributed by atoms with Crippen LogP contribution in [0.15, 0.2) is 41.8 Å². The molecule has 2 aromatic rings. The van der Waals surface area contributed by atoms with Gasteiger partial charge >= 0.3 is 5.69 Å². The Kier molecular flexibility index (Phi) is 4.27. The van der Waals surface area contributed by atoms with Gasteiger partial charge in [-0.25, -0.2) is 5.43 Å². The maximum Gasteiger partial charge on any atom is 0.311 e. The van der Waals surface area contributed by atoms with Crippen LogP contribution in [0.2, 0.25) is 0 Å². The molecule has 0 saturated heterocycles. The summed E-state index contributed by atoms with van der Waals surface area (Å²) in [6.07, 6.45) is 3.87. The highest BCUT2D eigenvalue weighted by Gasteiger charge is 2.16. The van der Waals surface area contributed by atoms with Gasteiger partial charge in [-0.15, -0.1) is 0 Å². The van der Waals surface area contributed by atoms with Crippen molar-refractivity contribution in [3.8, 4) is 11.5 Å². The fourth-order valence-electron chi connectivity index (χ4n) is 1.55. The summed E-state index contributed by atoms with van der Waals surface area (Å²) in [6, 6.07) is 4.86. The molecule has 0 bridgehead atoms. The molecular formula is C13H10N4O5. The third-order valence-electron chi connectivity index (χ3n) is 2.61. The lowest BCUT2D eigenvalue weighted by molar-refractivity contribution is -0.385. The SMILES string of the molecule is O=C(NN=Cc1cc([N+](=O)[O-])c(O)cc1O)c1cccnc1. The molecule has 0 unspecified atom stereocenters. The lowest BCUT2D eigenvalue weighted by atomic mass is 10.2. The van der Waals surface area contributed by atoms with Crippen molar-refractivity contribution in [2.45, 2.75) is 0 Å². The van der Waals surface area contributed by atoms with Gasteiger partial charge in [0.15, 0.2) is 5.75 Å². The van der Waals surface area contributed by atoms with Gasteiger partial charge in [-0.3, -0.25) is 19.9 Å². The average molecular weight is 302 g/mol. The monoisotopic (exact) mass is 302 g/mol. The van der Waals surface area contributed by atoms with Gasteiger partial charge < -0.3 is 10.2 Å². The number of carbonyl (C=O) groups excluding carboxylic acids is 1. The van der Waals surface area contributed by atoms with E-state index in [1.54, 1.807) is 6.07 Å². The van der Waals surface area contributed by atoms with E-state index in [1.807, 2.05) is 0 Å². The molecule has 0 radical (unpaired) electrons. The number of nitro benzene ring substituents is 1. The fraction of sp³-hybridized carbons (Fsp3) is 0. The third-order valence-corrected chi connectivity index (χ3v) is 2.61. The highest BCUT2D eigenvalue weighted by molar-refractivity contribution is 5.94. The number of hydrazone groups is 1. The fourth-order valence-corrected chi connectivity index (χ4v) is 1.55. The number of aromatic nitrogens is 1. The highest BCUT2D eigenvalue weighted by atomic mass is 16.6. The van der Waals surface area contributed by atoms with Crippen molar-refractivity contribution in [3.05, 3.63) is 57.9 Å². The maximum atomic E-state index is 11.7. The summed E-state index contributed by atoms with van der Waals surface area (Å²) in [5.74, 6) is -1.61. The zero-order valence-corrected chi connectivity index (χ0v) is 11.0. The van der Waals surface area contributed by atoms with E-state index in [1.165, 1.54) is 18.5 Å². The van der Waals surface area contributed by atoms with Crippen molar-refractivity contribution in [3.63, 3.8) is 0 Å². The predicted octanol–water partition coefficient (Wildman–Crippen LogP) is 1.16. The molecule has 1 heterocycles. The topological polar surface area (TPSA) is 138 Å². The second kappa shape index (κ2) is 6.31. The van der Waals surface area contributed by atoms with Gasteiger partial charge in [-0.1, -0.05) is 0 Å². The molecule has 112 valence electrons. The van der Waals surface area contributed by atoms with E-state index < -0.39 is 28.0 Å². The van der Waals surface area contributed by atoms with Gasteiger partial charge in [0.1, 0.15) is 5.75 Å². The molecule has 0 aliphatic heterocycles.